The second kappa shape index (κ2) is 9.09. The number of rotatable bonds is 9. The molecule has 7 nitrogen and oxygen atoms in total. The summed E-state index contributed by atoms with van der Waals surface area (Å²) in [5, 5.41) is 14.3. The molecular formula is C16H25N4O3. The molecule has 0 aliphatic heterocycles. The number of amides is 1. The van der Waals surface area contributed by atoms with Crippen molar-refractivity contribution in [1.29, 1.82) is 0 Å². The summed E-state index contributed by atoms with van der Waals surface area (Å²) in [6, 6.07) is 4.54. The van der Waals surface area contributed by atoms with Gasteiger partial charge in [-0.25, -0.2) is 0 Å². The fourth-order valence-electron chi connectivity index (χ4n) is 2.26. The molecule has 1 radical (unpaired) electrons. The standard InChI is InChI=1S/C16H25N4O3/c1-12(7-4-5-10-17)11-18-15-13(16(21)19(2)3)8-6-9-14(15)20(22)23/h6,8-10,12,18H,4-5,7,11,17H2,1-3H3. The van der Waals surface area contributed by atoms with E-state index in [4.69, 9.17) is 5.73 Å². The molecular weight excluding hydrogens is 296 g/mol. The Balaban J connectivity index is 2.93. The van der Waals surface area contributed by atoms with Crippen LogP contribution in [-0.2, 0) is 0 Å². The van der Waals surface area contributed by atoms with Gasteiger partial charge in [0.25, 0.3) is 11.6 Å². The third-order valence-corrected chi connectivity index (χ3v) is 3.57. The van der Waals surface area contributed by atoms with E-state index in [-0.39, 0.29) is 17.3 Å². The summed E-state index contributed by atoms with van der Waals surface area (Å²) in [6.07, 6.45) is 2.78. The first-order valence-corrected chi connectivity index (χ1v) is 7.64. The summed E-state index contributed by atoms with van der Waals surface area (Å²) in [5.41, 5.74) is 5.87. The predicted molar refractivity (Wildman–Crippen MR) is 91.1 cm³/mol. The number of nitrogens with zero attached hydrogens (tertiary/aromatic N) is 2. The largest absolute Gasteiger partial charge is 0.379 e. The van der Waals surface area contributed by atoms with Gasteiger partial charge >= 0.3 is 0 Å². The van der Waals surface area contributed by atoms with Crippen molar-refractivity contribution in [2.45, 2.75) is 26.2 Å². The van der Waals surface area contributed by atoms with Crippen molar-refractivity contribution in [1.82, 2.24) is 4.90 Å². The minimum Gasteiger partial charge on any atom is -0.379 e. The van der Waals surface area contributed by atoms with E-state index in [2.05, 4.69) is 12.2 Å². The number of hydrogen-bond acceptors (Lipinski definition) is 5. The van der Waals surface area contributed by atoms with E-state index in [1.165, 1.54) is 17.0 Å². The molecule has 1 unspecified atom stereocenters. The van der Waals surface area contributed by atoms with Crippen molar-refractivity contribution in [3.63, 3.8) is 0 Å². The fourth-order valence-corrected chi connectivity index (χ4v) is 2.26. The Bertz CT molecular complexity index is 546. The van der Waals surface area contributed by atoms with E-state index in [1.807, 2.05) is 0 Å². The molecule has 0 aliphatic rings. The van der Waals surface area contributed by atoms with Gasteiger partial charge in [0.05, 0.1) is 10.5 Å². The molecule has 3 N–H and O–H groups in total. The third kappa shape index (κ3) is 5.52. The van der Waals surface area contributed by atoms with Crippen molar-refractivity contribution in [2.75, 3.05) is 26.0 Å². The van der Waals surface area contributed by atoms with Gasteiger partial charge in [-0.2, -0.15) is 0 Å². The Morgan fingerprint density at radius 2 is 2.17 bits per heavy atom. The van der Waals surface area contributed by atoms with Crippen LogP contribution in [0.1, 0.15) is 36.5 Å². The monoisotopic (exact) mass is 321 g/mol. The van der Waals surface area contributed by atoms with Gasteiger partial charge in [-0.1, -0.05) is 19.4 Å². The molecule has 127 valence electrons. The highest BCUT2D eigenvalue weighted by molar-refractivity contribution is 6.01. The highest BCUT2D eigenvalue weighted by Crippen LogP contribution is 2.29. The number of nitrogens with one attached hydrogen (secondary N) is 1. The van der Waals surface area contributed by atoms with Crippen LogP contribution in [0.5, 0.6) is 0 Å². The van der Waals surface area contributed by atoms with Crippen molar-refractivity contribution >= 4 is 17.3 Å². The quantitative estimate of drug-likeness (QED) is 0.413. The summed E-state index contributed by atoms with van der Waals surface area (Å²) in [4.78, 5) is 24.4. The number of nitro groups is 1. The second-order valence-electron chi connectivity index (χ2n) is 5.81. The first-order chi connectivity index (χ1) is 10.9. The van der Waals surface area contributed by atoms with Crippen LogP contribution >= 0.6 is 0 Å². The van der Waals surface area contributed by atoms with Crippen LogP contribution in [0.4, 0.5) is 11.4 Å². The topological polar surface area (TPSA) is 102 Å². The van der Waals surface area contributed by atoms with Gasteiger partial charge in [-0.3, -0.25) is 14.9 Å². The highest BCUT2D eigenvalue weighted by Gasteiger charge is 2.22. The third-order valence-electron chi connectivity index (χ3n) is 3.57. The summed E-state index contributed by atoms with van der Waals surface area (Å²) < 4.78 is 0. The van der Waals surface area contributed by atoms with E-state index < -0.39 is 4.92 Å². The minimum absolute atomic E-state index is 0.0832. The molecule has 0 aromatic heterocycles. The van der Waals surface area contributed by atoms with Crippen molar-refractivity contribution in [2.24, 2.45) is 11.7 Å². The number of hydrogen-bond donors (Lipinski definition) is 2. The Morgan fingerprint density at radius 3 is 2.74 bits per heavy atom. The van der Waals surface area contributed by atoms with Crippen LogP contribution in [0, 0.1) is 22.6 Å². The van der Waals surface area contributed by atoms with Crippen LogP contribution < -0.4 is 11.1 Å². The Labute approximate surface area is 137 Å². The van der Waals surface area contributed by atoms with Gasteiger partial charge in [0.1, 0.15) is 5.69 Å². The van der Waals surface area contributed by atoms with Gasteiger partial charge < -0.3 is 16.0 Å². The molecule has 0 bridgehead atoms. The summed E-state index contributed by atoms with van der Waals surface area (Å²) in [5.74, 6) is 0.0543. The first-order valence-electron chi connectivity index (χ1n) is 7.64. The van der Waals surface area contributed by atoms with Gasteiger partial charge in [-0.05, 0) is 24.8 Å². The fraction of sp³-hybridized carbons (Fsp3) is 0.500. The van der Waals surface area contributed by atoms with Crippen molar-refractivity contribution in [3.05, 3.63) is 40.4 Å². The normalized spacial score (nSPS) is 11.8. The zero-order valence-electron chi connectivity index (χ0n) is 13.9. The predicted octanol–water partition coefficient (Wildman–Crippen LogP) is 2.64. The van der Waals surface area contributed by atoms with Crippen LogP contribution in [0.3, 0.4) is 0 Å². The second-order valence-corrected chi connectivity index (χ2v) is 5.81. The van der Waals surface area contributed by atoms with E-state index in [0.29, 0.717) is 18.0 Å². The van der Waals surface area contributed by atoms with Gasteiger partial charge in [0, 0.05) is 33.3 Å². The van der Waals surface area contributed by atoms with Crippen LogP contribution in [0.2, 0.25) is 0 Å². The minimum atomic E-state index is -0.469. The van der Waals surface area contributed by atoms with Gasteiger partial charge in [-0.15, -0.1) is 0 Å². The summed E-state index contributed by atoms with van der Waals surface area (Å²) >= 11 is 0. The number of carbonyl (C=O) groups is 1. The molecule has 7 heteroatoms. The van der Waals surface area contributed by atoms with Crippen LogP contribution in [-0.4, -0.2) is 36.4 Å². The number of nitro benzene ring substituents is 1. The van der Waals surface area contributed by atoms with Crippen molar-refractivity contribution in [3.8, 4) is 0 Å². The number of unbranched alkanes of at least 4 members (excludes halogenated alkanes) is 1. The molecule has 0 aliphatic carbocycles. The average Bonchev–Trinajstić information content (AvgIpc) is 2.51. The smallest absolute Gasteiger partial charge is 0.293 e. The number of carbonyl (C=O) groups excluding carboxylic acids is 1. The lowest BCUT2D eigenvalue weighted by atomic mass is 10.0. The lowest BCUT2D eigenvalue weighted by molar-refractivity contribution is -0.384. The molecule has 1 aromatic rings. The molecule has 1 aromatic carbocycles. The maximum atomic E-state index is 12.2. The molecule has 1 atom stereocenters. The molecule has 1 rings (SSSR count). The van der Waals surface area contributed by atoms with E-state index in [1.54, 1.807) is 26.7 Å². The number of nitrogens with two attached hydrogens (primary N) is 1. The average molecular weight is 321 g/mol. The molecule has 0 fully saturated rings. The molecule has 0 saturated heterocycles. The maximum Gasteiger partial charge on any atom is 0.293 e. The summed E-state index contributed by atoms with van der Waals surface area (Å²) in [7, 11) is 3.24. The number of anilines is 1. The maximum absolute atomic E-state index is 12.2. The molecule has 1 amide bonds. The zero-order valence-corrected chi connectivity index (χ0v) is 13.9. The van der Waals surface area contributed by atoms with Crippen LogP contribution in [0.25, 0.3) is 0 Å². The lowest BCUT2D eigenvalue weighted by Gasteiger charge is -2.17. The van der Waals surface area contributed by atoms with Crippen molar-refractivity contribution < 1.29 is 9.72 Å². The Kier molecular flexibility index (Phi) is 7.47. The molecule has 0 saturated carbocycles. The Hall–Kier alpha value is -2.15. The zero-order chi connectivity index (χ0) is 17.4. The highest BCUT2D eigenvalue weighted by atomic mass is 16.6. The van der Waals surface area contributed by atoms with E-state index in [0.717, 1.165) is 19.3 Å². The Morgan fingerprint density at radius 1 is 1.48 bits per heavy atom. The number of para-hydroxylation sites is 1. The molecule has 0 spiro atoms. The summed E-state index contributed by atoms with van der Waals surface area (Å²) in [6.45, 7) is 4.25. The van der Waals surface area contributed by atoms with E-state index >= 15 is 0 Å². The number of benzene rings is 1. The first kappa shape index (κ1) is 18.9. The van der Waals surface area contributed by atoms with E-state index in [9.17, 15) is 14.9 Å². The lowest BCUT2D eigenvalue weighted by Crippen LogP contribution is -2.24. The molecule has 0 heterocycles. The van der Waals surface area contributed by atoms with Gasteiger partial charge in [0.15, 0.2) is 0 Å². The molecule has 23 heavy (non-hydrogen) atoms. The van der Waals surface area contributed by atoms with Gasteiger partial charge in [0.2, 0.25) is 0 Å². The van der Waals surface area contributed by atoms with Crippen LogP contribution in [0.15, 0.2) is 18.2 Å². The SMILES string of the molecule is CC(CCC[CH]N)CNc1c(C(=O)N(C)C)cccc1[N+](=O)[O-].